The number of likely N-dealkylation sites (tertiary alicyclic amines) is 1. The number of rotatable bonds is 6. The third-order valence-corrected chi connectivity index (χ3v) is 4.73. The van der Waals surface area contributed by atoms with E-state index in [0.29, 0.717) is 13.3 Å². The Morgan fingerprint density at radius 1 is 1.09 bits per heavy atom. The maximum Gasteiger partial charge on any atom is 0.231 e. The highest BCUT2D eigenvalue weighted by Gasteiger charge is 2.13. The Bertz CT molecular complexity index is 533. The molecule has 1 aromatic rings. The zero-order chi connectivity index (χ0) is 15.9. The zero-order valence-corrected chi connectivity index (χ0v) is 14.3. The second kappa shape index (κ2) is 8.36. The molecule has 2 aliphatic rings. The third kappa shape index (κ3) is 4.97. The van der Waals surface area contributed by atoms with Gasteiger partial charge in [-0.15, -0.1) is 0 Å². The largest absolute Gasteiger partial charge is 0.454 e. The van der Waals surface area contributed by atoms with Crippen LogP contribution in [0.25, 0.3) is 0 Å². The van der Waals surface area contributed by atoms with Crippen LogP contribution < -0.4 is 25.0 Å². The Balaban J connectivity index is 1.30. The molecule has 0 unspecified atom stereocenters. The van der Waals surface area contributed by atoms with Crippen molar-refractivity contribution in [2.45, 2.75) is 32.2 Å². The number of thiocarbonyl (C=S) groups is 1. The minimum Gasteiger partial charge on any atom is -0.454 e. The average molecular weight is 336 g/mol. The molecule has 126 valence electrons. The Kier molecular flexibility index (Phi) is 5.93. The summed E-state index contributed by atoms with van der Waals surface area (Å²) in [5.41, 5.74) is 1.14. The summed E-state index contributed by atoms with van der Waals surface area (Å²) < 4.78 is 10.7. The van der Waals surface area contributed by atoms with Crippen molar-refractivity contribution >= 4 is 17.3 Å². The van der Waals surface area contributed by atoms with Gasteiger partial charge in [-0.2, -0.15) is 0 Å². The van der Waals surface area contributed by atoms with Crippen LogP contribution in [0, 0.1) is 0 Å². The molecule has 0 bridgehead atoms. The van der Waals surface area contributed by atoms with Crippen molar-refractivity contribution in [3.05, 3.63) is 23.8 Å². The summed E-state index contributed by atoms with van der Waals surface area (Å²) in [5, 5.41) is 7.26. The van der Waals surface area contributed by atoms with Gasteiger partial charge in [0.2, 0.25) is 6.79 Å². The SMILES string of the molecule is S=C(NCCC[NH+]1CCCCC1)NCc1ccc2c(c1)OCO2. The smallest absolute Gasteiger partial charge is 0.231 e. The highest BCUT2D eigenvalue weighted by molar-refractivity contribution is 7.80. The minimum absolute atomic E-state index is 0.311. The lowest BCUT2D eigenvalue weighted by Gasteiger charge is -2.23. The van der Waals surface area contributed by atoms with Crippen molar-refractivity contribution in [1.82, 2.24) is 10.6 Å². The van der Waals surface area contributed by atoms with E-state index in [1.165, 1.54) is 45.3 Å². The number of hydrogen-bond donors (Lipinski definition) is 3. The Morgan fingerprint density at radius 3 is 2.78 bits per heavy atom. The average Bonchev–Trinajstić information content (AvgIpc) is 3.05. The van der Waals surface area contributed by atoms with Gasteiger partial charge in [0.15, 0.2) is 16.6 Å². The monoisotopic (exact) mass is 336 g/mol. The summed E-state index contributed by atoms with van der Waals surface area (Å²) in [6.45, 7) is 5.87. The fraction of sp³-hybridized carbons (Fsp3) is 0.588. The second-order valence-electron chi connectivity index (χ2n) is 6.21. The first-order chi connectivity index (χ1) is 11.3. The van der Waals surface area contributed by atoms with Gasteiger partial charge in [0.25, 0.3) is 0 Å². The van der Waals surface area contributed by atoms with Crippen molar-refractivity contribution < 1.29 is 14.4 Å². The highest BCUT2D eigenvalue weighted by atomic mass is 32.1. The summed E-state index contributed by atoms with van der Waals surface area (Å²) in [4.78, 5) is 1.75. The van der Waals surface area contributed by atoms with Crippen LogP contribution in [-0.4, -0.2) is 38.1 Å². The van der Waals surface area contributed by atoms with Crippen LogP contribution in [0.5, 0.6) is 11.5 Å². The van der Waals surface area contributed by atoms with E-state index >= 15 is 0 Å². The number of piperidine rings is 1. The fourth-order valence-electron chi connectivity index (χ4n) is 3.14. The van der Waals surface area contributed by atoms with E-state index in [2.05, 4.69) is 10.6 Å². The molecule has 1 aromatic carbocycles. The van der Waals surface area contributed by atoms with Crippen molar-refractivity contribution in [3.8, 4) is 11.5 Å². The van der Waals surface area contributed by atoms with Crippen molar-refractivity contribution in [1.29, 1.82) is 0 Å². The first kappa shape index (κ1) is 16.3. The molecule has 3 rings (SSSR count). The van der Waals surface area contributed by atoms with E-state index in [1.54, 1.807) is 4.90 Å². The highest BCUT2D eigenvalue weighted by Crippen LogP contribution is 2.32. The predicted octanol–water partition coefficient (Wildman–Crippen LogP) is 0.838. The molecule has 0 saturated carbocycles. The van der Waals surface area contributed by atoms with Gasteiger partial charge in [0.05, 0.1) is 19.6 Å². The number of ether oxygens (including phenoxy) is 2. The number of quaternary nitrogens is 1. The van der Waals surface area contributed by atoms with E-state index in [9.17, 15) is 0 Å². The van der Waals surface area contributed by atoms with Crippen molar-refractivity contribution in [2.24, 2.45) is 0 Å². The van der Waals surface area contributed by atoms with Crippen LogP contribution in [0.4, 0.5) is 0 Å². The molecule has 1 fully saturated rings. The molecule has 0 spiro atoms. The van der Waals surface area contributed by atoms with Gasteiger partial charge in [0.1, 0.15) is 0 Å². The minimum atomic E-state index is 0.311. The predicted molar refractivity (Wildman–Crippen MR) is 94.0 cm³/mol. The standard InChI is InChI=1S/C17H25N3O2S/c23-17(18-7-4-10-20-8-2-1-3-9-20)19-12-14-5-6-15-16(11-14)22-13-21-15/h5-6,11H,1-4,7-10,12-13H2,(H2,18,19,23)/p+1. The molecule has 5 nitrogen and oxygen atoms in total. The molecule has 0 radical (unpaired) electrons. The molecule has 0 atom stereocenters. The maximum atomic E-state index is 5.38. The second-order valence-corrected chi connectivity index (χ2v) is 6.62. The topological polar surface area (TPSA) is 47.0 Å². The Hall–Kier alpha value is -1.53. The normalized spacial score (nSPS) is 17.0. The molecule has 0 aliphatic carbocycles. The van der Waals surface area contributed by atoms with Crippen LogP contribution in [0.15, 0.2) is 18.2 Å². The van der Waals surface area contributed by atoms with Gasteiger partial charge in [0, 0.05) is 19.5 Å². The molecule has 23 heavy (non-hydrogen) atoms. The molecule has 1 saturated heterocycles. The molecule has 2 heterocycles. The molecular formula is C17H26N3O2S+. The lowest BCUT2D eigenvalue weighted by Crippen LogP contribution is -3.12. The Labute approximate surface area is 143 Å². The van der Waals surface area contributed by atoms with Crippen molar-refractivity contribution in [2.75, 3.05) is 33.0 Å². The number of nitrogens with one attached hydrogen (secondary N) is 3. The van der Waals surface area contributed by atoms with E-state index in [0.717, 1.165) is 28.7 Å². The zero-order valence-electron chi connectivity index (χ0n) is 13.5. The third-order valence-electron chi connectivity index (χ3n) is 4.44. The van der Waals surface area contributed by atoms with E-state index in [4.69, 9.17) is 21.7 Å². The van der Waals surface area contributed by atoms with E-state index in [1.807, 2.05) is 18.2 Å². The van der Waals surface area contributed by atoms with Gasteiger partial charge in [-0.25, -0.2) is 0 Å². The molecule has 2 aliphatic heterocycles. The van der Waals surface area contributed by atoms with Crippen LogP contribution in [-0.2, 0) is 6.54 Å². The quantitative estimate of drug-likeness (QED) is 0.531. The van der Waals surface area contributed by atoms with E-state index in [-0.39, 0.29) is 0 Å². The van der Waals surface area contributed by atoms with E-state index < -0.39 is 0 Å². The summed E-state index contributed by atoms with van der Waals surface area (Å²) in [6.07, 6.45) is 5.35. The van der Waals surface area contributed by atoms with Gasteiger partial charge >= 0.3 is 0 Å². The molecular weight excluding hydrogens is 310 g/mol. The first-order valence-corrected chi connectivity index (χ1v) is 8.96. The summed E-state index contributed by atoms with van der Waals surface area (Å²) in [7, 11) is 0. The maximum absolute atomic E-state index is 5.38. The molecule has 0 aromatic heterocycles. The number of benzene rings is 1. The number of hydrogen-bond acceptors (Lipinski definition) is 3. The molecule has 6 heteroatoms. The lowest BCUT2D eigenvalue weighted by atomic mass is 10.1. The van der Waals surface area contributed by atoms with Gasteiger partial charge in [-0.1, -0.05) is 6.07 Å². The summed E-state index contributed by atoms with van der Waals surface area (Å²) in [5.74, 6) is 1.63. The van der Waals surface area contributed by atoms with Gasteiger partial charge in [-0.05, 0) is 49.2 Å². The van der Waals surface area contributed by atoms with Gasteiger partial charge in [-0.3, -0.25) is 0 Å². The van der Waals surface area contributed by atoms with Crippen LogP contribution in [0.2, 0.25) is 0 Å². The molecule has 0 amide bonds. The number of fused-ring (bicyclic) bond motifs is 1. The lowest BCUT2D eigenvalue weighted by molar-refractivity contribution is -0.904. The fourth-order valence-corrected chi connectivity index (χ4v) is 3.31. The van der Waals surface area contributed by atoms with Crippen LogP contribution >= 0.6 is 12.2 Å². The summed E-state index contributed by atoms with van der Waals surface area (Å²) in [6, 6.07) is 5.97. The Morgan fingerprint density at radius 2 is 1.91 bits per heavy atom. The first-order valence-electron chi connectivity index (χ1n) is 8.55. The van der Waals surface area contributed by atoms with Crippen LogP contribution in [0.3, 0.4) is 0 Å². The molecule has 3 N–H and O–H groups in total. The summed E-state index contributed by atoms with van der Waals surface area (Å²) >= 11 is 5.34. The van der Waals surface area contributed by atoms with Crippen molar-refractivity contribution in [3.63, 3.8) is 0 Å². The van der Waals surface area contributed by atoms with Gasteiger partial charge < -0.3 is 25.0 Å². The van der Waals surface area contributed by atoms with Crippen LogP contribution in [0.1, 0.15) is 31.2 Å².